The number of benzene rings is 1. The second kappa shape index (κ2) is 9.61. The van der Waals surface area contributed by atoms with Crippen LogP contribution in [-0.4, -0.2) is 41.4 Å². The average Bonchev–Trinajstić information content (AvgIpc) is 2.94. The Morgan fingerprint density at radius 2 is 1.77 bits per heavy atom. The maximum Gasteiger partial charge on any atom is 0.265 e. The van der Waals surface area contributed by atoms with Crippen molar-refractivity contribution in [3.05, 3.63) is 90.0 Å². The van der Waals surface area contributed by atoms with E-state index >= 15 is 0 Å². The highest BCUT2D eigenvalue weighted by Gasteiger charge is 2.26. The van der Waals surface area contributed by atoms with E-state index in [4.69, 9.17) is 9.72 Å². The monoisotopic (exact) mass is 560 g/mol. The molecule has 0 saturated carbocycles. The van der Waals surface area contributed by atoms with Crippen molar-refractivity contribution in [3.8, 4) is 28.3 Å². The number of halogens is 2. The van der Waals surface area contributed by atoms with E-state index in [1.54, 1.807) is 36.7 Å². The lowest BCUT2D eigenvalue weighted by molar-refractivity contribution is 0.0946. The number of carbonyl (C=O) groups is 1. The number of fused-ring (bicyclic) bond motifs is 9. The molecule has 0 radical (unpaired) electrons. The molecule has 200 valence electrons. The summed E-state index contributed by atoms with van der Waals surface area (Å²) in [6.07, 6.45) is 6.24. The maximum absolute atomic E-state index is 14.8. The molecule has 0 spiro atoms. The molecule has 5 aromatic rings. The fourth-order valence-corrected chi connectivity index (χ4v) is 5.50. The Labute approximate surface area is 226 Å². The Kier molecular flexibility index (Phi) is 6.07. The van der Waals surface area contributed by atoms with Gasteiger partial charge in [-0.15, -0.1) is 0 Å². The van der Waals surface area contributed by atoms with Gasteiger partial charge in [0.05, 0.1) is 29.4 Å². The molecule has 0 saturated heterocycles. The van der Waals surface area contributed by atoms with E-state index in [1.165, 1.54) is 25.6 Å². The molecule has 1 aliphatic heterocycles. The molecular weight excluding hydrogens is 542 g/mol. The Balaban J connectivity index is 1.61. The van der Waals surface area contributed by atoms with Crippen LogP contribution < -0.4 is 14.8 Å². The van der Waals surface area contributed by atoms with Crippen molar-refractivity contribution in [2.75, 3.05) is 11.8 Å². The van der Waals surface area contributed by atoms with Crippen LogP contribution in [0.2, 0.25) is 0 Å². The van der Waals surface area contributed by atoms with E-state index in [0.29, 0.717) is 51.1 Å². The van der Waals surface area contributed by atoms with Gasteiger partial charge in [-0.2, -0.15) is 0 Å². The number of ether oxygens (including phenoxy) is 1. The molecule has 2 N–H and O–H groups in total. The fourth-order valence-electron chi connectivity index (χ4n) is 4.36. The van der Waals surface area contributed by atoms with Crippen LogP contribution in [-0.2, 0) is 16.6 Å². The normalized spacial score (nSPS) is 14.1. The summed E-state index contributed by atoms with van der Waals surface area (Å²) in [5, 5.41) is 2.53. The molecule has 0 unspecified atom stereocenters. The average molecular weight is 561 g/mol. The van der Waals surface area contributed by atoms with Crippen LogP contribution in [0.1, 0.15) is 15.9 Å². The summed E-state index contributed by atoms with van der Waals surface area (Å²) >= 11 is 0. The molecule has 10 nitrogen and oxygen atoms in total. The Hall–Kier alpha value is -5.04. The molecule has 13 heteroatoms. The van der Waals surface area contributed by atoms with Gasteiger partial charge in [0.25, 0.3) is 15.9 Å². The van der Waals surface area contributed by atoms with Gasteiger partial charge in [0.2, 0.25) is 5.88 Å². The lowest BCUT2D eigenvalue weighted by atomic mass is 10.0. The molecule has 1 aliphatic rings. The van der Waals surface area contributed by atoms with Crippen LogP contribution in [0.15, 0.2) is 72.1 Å². The first-order valence-electron chi connectivity index (χ1n) is 11.8. The number of hydrogen-bond acceptors (Lipinski definition) is 8. The number of rotatable bonds is 1. The first kappa shape index (κ1) is 25.2. The zero-order chi connectivity index (χ0) is 28.0. The van der Waals surface area contributed by atoms with Crippen molar-refractivity contribution < 1.29 is 26.7 Å². The van der Waals surface area contributed by atoms with Gasteiger partial charge in [0, 0.05) is 54.1 Å². The first-order valence-corrected chi connectivity index (χ1v) is 13.3. The van der Waals surface area contributed by atoms with Crippen LogP contribution in [0.5, 0.6) is 5.88 Å². The molecule has 0 atom stereocenters. The third kappa shape index (κ3) is 4.45. The number of anilines is 1. The zero-order valence-corrected chi connectivity index (χ0v) is 21.5. The minimum absolute atomic E-state index is 0.0635. The number of carbonyl (C=O) groups excluding carboxylic acids is 1. The molecule has 40 heavy (non-hydrogen) atoms. The van der Waals surface area contributed by atoms with Crippen molar-refractivity contribution in [2.24, 2.45) is 0 Å². The van der Waals surface area contributed by atoms with Crippen molar-refractivity contribution in [3.63, 3.8) is 0 Å². The summed E-state index contributed by atoms with van der Waals surface area (Å²) in [5.41, 5.74) is 3.22. The Morgan fingerprint density at radius 3 is 2.60 bits per heavy atom. The number of amides is 1. The van der Waals surface area contributed by atoms with E-state index < -0.39 is 38.0 Å². The van der Waals surface area contributed by atoms with Gasteiger partial charge in [-0.1, -0.05) is 0 Å². The summed E-state index contributed by atoms with van der Waals surface area (Å²) in [4.78, 5) is 29.5. The van der Waals surface area contributed by atoms with Crippen LogP contribution >= 0.6 is 0 Å². The smallest absolute Gasteiger partial charge is 0.265 e. The standard InChI is InChI=1S/C27H18F2N6O4S/c1-39-27-23-7-16(13-33-27)21-2-3-22-25(34-21)17(4-5-31-22)15-6-14(10-30-12-15)11-32-26(36)18-8-24(40(37,38)35-23)20(29)9-19(18)28/h2-10,12-13,35H,11H2,1H3,(H,32,36). The second-order valence-corrected chi connectivity index (χ2v) is 10.5. The second-order valence-electron chi connectivity index (χ2n) is 8.84. The fraction of sp³-hybridized carbons (Fsp3) is 0.0741. The quantitative estimate of drug-likeness (QED) is 0.313. The highest BCUT2D eigenvalue weighted by atomic mass is 32.2. The van der Waals surface area contributed by atoms with Crippen LogP contribution in [0.25, 0.3) is 33.4 Å². The number of sulfonamides is 1. The molecule has 5 heterocycles. The van der Waals surface area contributed by atoms with E-state index in [1.807, 2.05) is 0 Å². The summed E-state index contributed by atoms with van der Waals surface area (Å²) in [6.45, 7) is -0.0635. The van der Waals surface area contributed by atoms with Gasteiger partial charge < -0.3 is 10.1 Å². The molecule has 6 rings (SSSR count). The Bertz CT molecular complexity index is 1950. The molecule has 0 fully saturated rings. The summed E-state index contributed by atoms with van der Waals surface area (Å²) < 4.78 is 63.4. The van der Waals surface area contributed by atoms with Crippen LogP contribution in [0.4, 0.5) is 14.5 Å². The van der Waals surface area contributed by atoms with Gasteiger partial charge >= 0.3 is 0 Å². The number of pyridine rings is 4. The topological polar surface area (TPSA) is 136 Å². The van der Waals surface area contributed by atoms with Crippen molar-refractivity contribution in [2.45, 2.75) is 11.4 Å². The predicted molar refractivity (Wildman–Crippen MR) is 141 cm³/mol. The van der Waals surface area contributed by atoms with Crippen LogP contribution in [0, 0.1) is 11.6 Å². The van der Waals surface area contributed by atoms with Gasteiger partial charge in [0.1, 0.15) is 22.2 Å². The molecule has 1 amide bonds. The minimum Gasteiger partial charge on any atom is -0.480 e. The molecule has 8 bridgehead atoms. The highest BCUT2D eigenvalue weighted by Crippen LogP contribution is 2.33. The summed E-state index contributed by atoms with van der Waals surface area (Å²) in [7, 11) is -3.39. The van der Waals surface area contributed by atoms with Gasteiger partial charge in [-0.3, -0.25) is 19.5 Å². The van der Waals surface area contributed by atoms with Crippen LogP contribution in [0.3, 0.4) is 0 Å². The van der Waals surface area contributed by atoms with Gasteiger partial charge in [0.15, 0.2) is 0 Å². The third-order valence-electron chi connectivity index (χ3n) is 6.28. The van der Waals surface area contributed by atoms with Gasteiger partial charge in [-0.05, 0) is 42.0 Å². The third-order valence-corrected chi connectivity index (χ3v) is 7.66. The molecular formula is C27H18F2N6O4S. The maximum atomic E-state index is 14.8. The van der Waals surface area contributed by atoms with Crippen molar-refractivity contribution in [1.29, 1.82) is 0 Å². The number of aromatic nitrogens is 4. The number of hydrogen-bond donors (Lipinski definition) is 2. The molecule has 4 aromatic heterocycles. The lowest BCUT2D eigenvalue weighted by Crippen LogP contribution is -2.25. The predicted octanol–water partition coefficient (Wildman–Crippen LogP) is 4.08. The first-order chi connectivity index (χ1) is 19.2. The summed E-state index contributed by atoms with van der Waals surface area (Å²) in [6, 6.07) is 9.44. The summed E-state index contributed by atoms with van der Waals surface area (Å²) in [5.74, 6) is -3.65. The molecule has 1 aromatic carbocycles. The zero-order valence-electron chi connectivity index (χ0n) is 20.6. The van der Waals surface area contributed by atoms with E-state index in [9.17, 15) is 22.0 Å². The van der Waals surface area contributed by atoms with Crippen molar-refractivity contribution in [1.82, 2.24) is 25.3 Å². The number of nitrogens with one attached hydrogen (secondary N) is 2. The van der Waals surface area contributed by atoms with Crippen molar-refractivity contribution >= 4 is 32.7 Å². The van der Waals surface area contributed by atoms with E-state index in [0.717, 1.165) is 0 Å². The van der Waals surface area contributed by atoms with E-state index in [-0.39, 0.29) is 18.1 Å². The van der Waals surface area contributed by atoms with E-state index in [2.05, 4.69) is 25.0 Å². The number of nitrogens with zero attached hydrogens (tertiary/aromatic N) is 4. The highest BCUT2D eigenvalue weighted by molar-refractivity contribution is 7.92. The largest absolute Gasteiger partial charge is 0.480 e. The number of methoxy groups -OCH3 is 1. The molecule has 0 aliphatic carbocycles. The SMILES string of the molecule is COc1ncc2cc1NS(=O)(=O)c1cc(c(F)cc1F)C(=O)NCc1cncc(c1)-c1ccnc3ccc-2nc13. The lowest BCUT2D eigenvalue weighted by Gasteiger charge is -2.15. The Morgan fingerprint density at radius 1 is 0.925 bits per heavy atom. The van der Waals surface area contributed by atoms with Gasteiger partial charge in [-0.25, -0.2) is 27.2 Å². The minimum atomic E-state index is -4.67.